The summed E-state index contributed by atoms with van der Waals surface area (Å²) in [6.45, 7) is 0. The first-order chi connectivity index (χ1) is 14.4. The van der Waals surface area contributed by atoms with Crippen molar-refractivity contribution < 1.29 is 18.7 Å². The van der Waals surface area contributed by atoms with Gasteiger partial charge in [-0.25, -0.2) is 4.39 Å². The van der Waals surface area contributed by atoms with Gasteiger partial charge >= 0.3 is 0 Å². The Kier molecular flexibility index (Phi) is 4.11. The molecule has 1 aliphatic heterocycles. The normalized spacial score (nSPS) is 15.6. The predicted molar refractivity (Wildman–Crippen MR) is 111 cm³/mol. The highest BCUT2D eigenvalue weighted by Crippen LogP contribution is 2.41. The molecule has 148 valence electrons. The van der Waals surface area contributed by atoms with Crippen LogP contribution in [0.15, 0.2) is 75.9 Å². The second kappa shape index (κ2) is 6.71. The molecule has 0 saturated heterocycles. The second-order valence-electron chi connectivity index (χ2n) is 6.96. The van der Waals surface area contributed by atoms with Crippen LogP contribution in [0.2, 0.25) is 5.02 Å². The summed E-state index contributed by atoms with van der Waals surface area (Å²) < 4.78 is 19.3. The summed E-state index contributed by atoms with van der Waals surface area (Å²) in [5.41, 5.74) is 1.06. The first-order valence-electron chi connectivity index (χ1n) is 9.08. The lowest BCUT2D eigenvalue weighted by Gasteiger charge is -2.25. The second-order valence-corrected chi connectivity index (χ2v) is 7.40. The summed E-state index contributed by atoms with van der Waals surface area (Å²) in [7, 11) is 0. The van der Waals surface area contributed by atoms with Crippen molar-refractivity contribution in [2.45, 2.75) is 6.04 Å². The molecule has 0 fully saturated rings. The van der Waals surface area contributed by atoms with Gasteiger partial charge in [0, 0.05) is 10.7 Å². The molecule has 5 nitrogen and oxygen atoms in total. The Morgan fingerprint density at radius 3 is 2.37 bits per heavy atom. The number of phenols is 1. The van der Waals surface area contributed by atoms with Gasteiger partial charge in [-0.2, -0.15) is 0 Å². The largest absolute Gasteiger partial charge is 0.508 e. The van der Waals surface area contributed by atoms with E-state index in [0.717, 1.165) is 0 Å². The van der Waals surface area contributed by atoms with Crippen LogP contribution in [0.3, 0.4) is 0 Å². The summed E-state index contributed by atoms with van der Waals surface area (Å²) in [4.78, 5) is 28.1. The SMILES string of the molecule is O=C1c2oc3ccc(Cl)cc3c(=O)c2C(c2ccc(O)cc2)N1c1ccc(F)cc1. The molecule has 4 aromatic rings. The number of halogens is 2. The minimum atomic E-state index is -0.807. The Bertz CT molecular complexity index is 1360. The van der Waals surface area contributed by atoms with E-state index in [4.69, 9.17) is 16.0 Å². The van der Waals surface area contributed by atoms with Gasteiger partial charge in [0.05, 0.1) is 17.0 Å². The molecule has 1 aromatic heterocycles. The molecule has 5 rings (SSSR count). The van der Waals surface area contributed by atoms with E-state index >= 15 is 0 Å². The maximum Gasteiger partial charge on any atom is 0.295 e. The summed E-state index contributed by atoms with van der Waals surface area (Å²) in [6, 6.07) is 15.4. The number of hydrogen-bond donors (Lipinski definition) is 1. The van der Waals surface area contributed by atoms with Crippen LogP contribution in [0.25, 0.3) is 11.0 Å². The maximum absolute atomic E-state index is 13.5. The highest BCUT2D eigenvalue weighted by Gasteiger charge is 2.43. The van der Waals surface area contributed by atoms with Crippen LogP contribution in [-0.2, 0) is 0 Å². The van der Waals surface area contributed by atoms with E-state index in [1.807, 2.05) is 0 Å². The number of carbonyl (C=O) groups excluding carboxylic acids is 1. The lowest BCUT2D eigenvalue weighted by molar-refractivity contribution is 0.0971. The first kappa shape index (κ1) is 18.4. The zero-order valence-corrected chi connectivity index (χ0v) is 16.1. The Balaban J connectivity index is 1.81. The van der Waals surface area contributed by atoms with Crippen LogP contribution in [0, 0.1) is 5.82 Å². The molecule has 1 amide bonds. The summed E-state index contributed by atoms with van der Waals surface area (Å²) in [6.07, 6.45) is 0. The molecule has 0 spiro atoms. The van der Waals surface area contributed by atoms with Crippen LogP contribution in [0.1, 0.15) is 27.7 Å². The van der Waals surface area contributed by atoms with Gasteiger partial charge in [-0.05, 0) is 60.2 Å². The smallest absolute Gasteiger partial charge is 0.295 e. The number of nitrogens with zero attached hydrogens (tertiary/aromatic N) is 1. The van der Waals surface area contributed by atoms with Gasteiger partial charge in [0.2, 0.25) is 5.76 Å². The van der Waals surface area contributed by atoms with Gasteiger partial charge < -0.3 is 9.52 Å². The zero-order chi connectivity index (χ0) is 21.0. The number of benzene rings is 3. The molecule has 7 heteroatoms. The Morgan fingerprint density at radius 2 is 1.67 bits per heavy atom. The van der Waals surface area contributed by atoms with Crippen molar-refractivity contribution in [1.82, 2.24) is 0 Å². The molecular formula is C23H13ClFNO4. The molecular weight excluding hydrogens is 409 g/mol. The number of fused-ring (bicyclic) bond motifs is 2. The molecule has 0 radical (unpaired) electrons. The van der Waals surface area contributed by atoms with Crippen LogP contribution in [0.4, 0.5) is 10.1 Å². The zero-order valence-electron chi connectivity index (χ0n) is 15.3. The Morgan fingerprint density at radius 1 is 0.967 bits per heavy atom. The average molecular weight is 422 g/mol. The molecule has 3 aromatic carbocycles. The Labute approximate surface area is 174 Å². The molecule has 1 unspecified atom stereocenters. The number of aromatic hydroxyl groups is 1. The van der Waals surface area contributed by atoms with Crippen LogP contribution < -0.4 is 10.3 Å². The quantitative estimate of drug-likeness (QED) is 0.492. The van der Waals surface area contributed by atoms with Crippen molar-refractivity contribution in [3.8, 4) is 5.75 Å². The highest BCUT2D eigenvalue weighted by atomic mass is 35.5. The van der Waals surface area contributed by atoms with E-state index < -0.39 is 17.8 Å². The highest BCUT2D eigenvalue weighted by molar-refractivity contribution is 6.31. The van der Waals surface area contributed by atoms with E-state index in [9.17, 15) is 19.1 Å². The molecule has 0 bridgehead atoms. The van der Waals surface area contributed by atoms with Crippen molar-refractivity contribution in [2.75, 3.05) is 4.90 Å². The van der Waals surface area contributed by atoms with Gasteiger partial charge in [0.25, 0.3) is 5.91 Å². The van der Waals surface area contributed by atoms with Crippen molar-refractivity contribution in [2.24, 2.45) is 0 Å². The van der Waals surface area contributed by atoms with Gasteiger partial charge in [-0.3, -0.25) is 14.5 Å². The van der Waals surface area contributed by atoms with Gasteiger partial charge in [0.1, 0.15) is 17.1 Å². The van der Waals surface area contributed by atoms with Crippen molar-refractivity contribution in [3.05, 3.63) is 105 Å². The molecule has 30 heavy (non-hydrogen) atoms. The molecule has 0 saturated carbocycles. The van der Waals surface area contributed by atoms with E-state index in [0.29, 0.717) is 16.3 Å². The first-order valence-corrected chi connectivity index (χ1v) is 9.46. The number of hydrogen-bond acceptors (Lipinski definition) is 4. The molecule has 1 N–H and O–H groups in total. The molecule has 1 atom stereocenters. The molecule has 0 aliphatic carbocycles. The van der Waals surface area contributed by atoms with E-state index in [2.05, 4.69) is 0 Å². The summed E-state index contributed by atoms with van der Waals surface area (Å²) >= 11 is 6.06. The van der Waals surface area contributed by atoms with Gasteiger partial charge in [-0.15, -0.1) is 0 Å². The minimum absolute atomic E-state index is 0.0500. The number of phenolic OH excluding ortho intramolecular Hbond substituents is 1. The van der Waals surface area contributed by atoms with Gasteiger partial charge in [-0.1, -0.05) is 23.7 Å². The van der Waals surface area contributed by atoms with Crippen molar-refractivity contribution >= 4 is 34.2 Å². The van der Waals surface area contributed by atoms with E-state index in [-0.39, 0.29) is 33.5 Å². The maximum atomic E-state index is 13.5. The third-order valence-electron chi connectivity index (χ3n) is 5.15. The lowest BCUT2D eigenvalue weighted by atomic mass is 9.98. The van der Waals surface area contributed by atoms with E-state index in [1.165, 1.54) is 47.4 Å². The molecule has 2 heterocycles. The van der Waals surface area contributed by atoms with Crippen LogP contribution in [-0.4, -0.2) is 11.0 Å². The average Bonchev–Trinajstić information content (AvgIpc) is 3.03. The number of anilines is 1. The third-order valence-corrected chi connectivity index (χ3v) is 5.38. The van der Waals surface area contributed by atoms with Gasteiger partial charge in [0.15, 0.2) is 5.43 Å². The fraction of sp³-hybridized carbons (Fsp3) is 0.0435. The van der Waals surface area contributed by atoms with Crippen molar-refractivity contribution in [1.29, 1.82) is 0 Å². The summed E-state index contributed by atoms with van der Waals surface area (Å²) in [5.74, 6) is -0.978. The predicted octanol–water partition coefficient (Wildman–Crippen LogP) is 5.04. The lowest BCUT2D eigenvalue weighted by Crippen LogP contribution is -2.29. The standard InChI is InChI=1S/C23H13ClFNO4/c24-13-3-10-18-17(11-13)21(28)19-20(12-1-8-16(27)9-2-12)26(23(29)22(19)30-18)15-6-4-14(25)5-7-15/h1-11,20,27H. The minimum Gasteiger partial charge on any atom is -0.508 e. The monoisotopic (exact) mass is 421 g/mol. The van der Waals surface area contributed by atoms with Crippen LogP contribution in [0.5, 0.6) is 5.75 Å². The van der Waals surface area contributed by atoms with Crippen molar-refractivity contribution in [3.63, 3.8) is 0 Å². The van der Waals surface area contributed by atoms with E-state index in [1.54, 1.807) is 24.3 Å². The number of carbonyl (C=O) groups is 1. The van der Waals surface area contributed by atoms with Crippen LogP contribution >= 0.6 is 11.6 Å². The number of amides is 1. The summed E-state index contributed by atoms with van der Waals surface area (Å²) in [5, 5.41) is 10.3. The fourth-order valence-corrected chi connectivity index (χ4v) is 3.96. The molecule has 1 aliphatic rings. The number of rotatable bonds is 2. The Hall–Kier alpha value is -3.64. The third kappa shape index (κ3) is 2.76. The topological polar surface area (TPSA) is 70.8 Å². The fourth-order valence-electron chi connectivity index (χ4n) is 3.79.